The predicted octanol–water partition coefficient (Wildman–Crippen LogP) is 0.997. The molecular weight excluding hydrogens is 284 g/mol. The third kappa shape index (κ3) is 2.39. The Bertz CT molecular complexity index is 848. The van der Waals surface area contributed by atoms with E-state index < -0.39 is 20.7 Å². The average Bonchev–Trinajstić information content (AvgIpc) is 2.92. The Balaban J connectivity index is 2.47. The summed E-state index contributed by atoms with van der Waals surface area (Å²) >= 11 is 0. The molecule has 0 aliphatic carbocycles. The smallest absolute Gasteiger partial charge is 0.257 e. The molecule has 0 aromatic carbocycles. The van der Waals surface area contributed by atoms with Gasteiger partial charge in [0.2, 0.25) is 9.84 Å². The van der Waals surface area contributed by atoms with Crippen molar-refractivity contribution in [2.45, 2.75) is 24.7 Å². The van der Waals surface area contributed by atoms with E-state index in [1.807, 2.05) is 0 Å². The monoisotopic (exact) mass is 292 g/mol. The zero-order chi connectivity index (χ0) is 14.9. The zero-order valence-corrected chi connectivity index (χ0v) is 11.4. The highest BCUT2D eigenvalue weighted by atomic mass is 32.2. The Morgan fingerprint density at radius 1 is 1.05 bits per heavy atom. The van der Waals surface area contributed by atoms with E-state index in [4.69, 9.17) is 19.4 Å². The first-order valence-corrected chi connectivity index (χ1v) is 6.99. The number of nitriles is 2. The van der Waals surface area contributed by atoms with Gasteiger partial charge < -0.3 is 8.83 Å². The lowest BCUT2D eigenvalue weighted by atomic mass is 10.4. The summed E-state index contributed by atoms with van der Waals surface area (Å²) < 4.78 is 34.4. The van der Waals surface area contributed by atoms with Crippen LogP contribution in [0.4, 0.5) is 0 Å². The molecular formula is C11H8N4O4S. The molecule has 0 fully saturated rings. The van der Waals surface area contributed by atoms with Gasteiger partial charge in [-0.05, 0) is 0 Å². The largest absolute Gasteiger partial charge is 0.443 e. The molecule has 0 atom stereocenters. The molecule has 2 aromatic heterocycles. The molecule has 0 unspecified atom stereocenters. The van der Waals surface area contributed by atoms with E-state index in [1.165, 1.54) is 13.8 Å². The van der Waals surface area contributed by atoms with Gasteiger partial charge in [-0.1, -0.05) is 0 Å². The number of aryl methyl sites for hydroxylation is 2. The molecule has 9 heteroatoms. The Kier molecular flexibility index (Phi) is 3.30. The second kappa shape index (κ2) is 4.79. The topological polar surface area (TPSA) is 134 Å². The molecule has 2 heterocycles. The molecule has 2 rings (SSSR count). The van der Waals surface area contributed by atoms with Crippen LogP contribution >= 0.6 is 0 Å². The molecule has 0 radical (unpaired) electrons. The van der Waals surface area contributed by atoms with E-state index >= 15 is 0 Å². The number of hydrogen-bond donors (Lipinski definition) is 0. The lowest BCUT2D eigenvalue weighted by Crippen LogP contribution is -2.06. The summed E-state index contributed by atoms with van der Waals surface area (Å²) in [6.07, 6.45) is 0. The second-order valence-electron chi connectivity index (χ2n) is 3.86. The Morgan fingerprint density at radius 3 is 2.20 bits per heavy atom. The molecule has 0 saturated carbocycles. The fourth-order valence-electron chi connectivity index (χ4n) is 1.58. The molecule has 2 aromatic rings. The number of oxazole rings is 2. The summed E-state index contributed by atoms with van der Waals surface area (Å²) in [4.78, 5) is 7.42. The lowest BCUT2D eigenvalue weighted by molar-refractivity contribution is 0.419. The summed E-state index contributed by atoms with van der Waals surface area (Å²) in [5.74, 6) is -0.474. The van der Waals surface area contributed by atoms with Crippen molar-refractivity contribution < 1.29 is 17.3 Å². The first-order valence-electron chi connectivity index (χ1n) is 5.34. The molecule has 0 saturated heterocycles. The molecule has 8 nitrogen and oxygen atoms in total. The van der Waals surface area contributed by atoms with Crippen molar-refractivity contribution in [2.75, 3.05) is 0 Å². The van der Waals surface area contributed by atoms with Crippen LogP contribution in [0.1, 0.15) is 28.9 Å². The average molecular weight is 292 g/mol. The number of aromatic nitrogens is 2. The maximum Gasteiger partial charge on any atom is 0.257 e. The molecule has 0 N–H and O–H groups in total. The van der Waals surface area contributed by atoms with E-state index in [0.29, 0.717) is 0 Å². The highest BCUT2D eigenvalue weighted by Crippen LogP contribution is 2.23. The van der Waals surface area contributed by atoms with Crippen LogP contribution < -0.4 is 0 Å². The number of sulfone groups is 1. The third-order valence-corrected chi connectivity index (χ3v) is 3.81. The molecule has 102 valence electrons. The minimum absolute atomic E-state index is 0.0642. The van der Waals surface area contributed by atoms with Crippen LogP contribution in [0.25, 0.3) is 0 Å². The fourth-order valence-corrected chi connectivity index (χ4v) is 2.89. The van der Waals surface area contributed by atoms with Gasteiger partial charge in [-0.2, -0.15) is 10.5 Å². The van der Waals surface area contributed by atoms with Crippen LogP contribution in [0.2, 0.25) is 0 Å². The highest BCUT2D eigenvalue weighted by Gasteiger charge is 2.29. The lowest BCUT2D eigenvalue weighted by Gasteiger charge is -1.98. The molecule has 0 spiro atoms. The Hall–Kier alpha value is -2.65. The van der Waals surface area contributed by atoms with E-state index in [9.17, 15) is 8.42 Å². The van der Waals surface area contributed by atoms with Crippen LogP contribution in [0.3, 0.4) is 0 Å². The molecule has 20 heavy (non-hydrogen) atoms. The van der Waals surface area contributed by atoms with Gasteiger partial charge in [0.05, 0.1) is 0 Å². The van der Waals surface area contributed by atoms with Crippen LogP contribution in [0.15, 0.2) is 13.9 Å². The fraction of sp³-hybridized carbons (Fsp3) is 0.273. The highest BCUT2D eigenvalue weighted by molar-refractivity contribution is 7.90. The van der Waals surface area contributed by atoms with Crippen molar-refractivity contribution in [3.05, 3.63) is 28.9 Å². The summed E-state index contributed by atoms with van der Waals surface area (Å²) in [7, 11) is -3.99. The van der Waals surface area contributed by atoms with Gasteiger partial charge in [0.1, 0.15) is 17.9 Å². The zero-order valence-electron chi connectivity index (χ0n) is 10.5. The predicted molar refractivity (Wildman–Crippen MR) is 62.8 cm³/mol. The van der Waals surface area contributed by atoms with E-state index in [1.54, 1.807) is 12.1 Å². The first kappa shape index (κ1) is 13.8. The van der Waals surface area contributed by atoms with Crippen molar-refractivity contribution in [3.63, 3.8) is 0 Å². The normalized spacial score (nSPS) is 11.0. The molecule has 0 aliphatic heterocycles. The quantitative estimate of drug-likeness (QED) is 0.817. The number of hydrogen-bond acceptors (Lipinski definition) is 8. The van der Waals surface area contributed by atoms with Crippen LogP contribution in [0.5, 0.6) is 0 Å². The second-order valence-corrected chi connectivity index (χ2v) is 5.75. The van der Waals surface area contributed by atoms with Gasteiger partial charge in [0, 0.05) is 13.8 Å². The van der Waals surface area contributed by atoms with Crippen molar-refractivity contribution in [1.82, 2.24) is 9.97 Å². The summed E-state index contributed by atoms with van der Waals surface area (Å²) in [6.45, 7) is 2.93. The molecule has 0 amide bonds. The van der Waals surface area contributed by atoms with Crippen molar-refractivity contribution in [2.24, 2.45) is 0 Å². The van der Waals surface area contributed by atoms with Gasteiger partial charge >= 0.3 is 0 Å². The van der Waals surface area contributed by atoms with E-state index in [0.717, 1.165) is 0 Å². The number of nitrogens with zero attached hydrogens (tertiary/aromatic N) is 4. The van der Waals surface area contributed by atoms with Gasteiger partial charge in [-0.3, -0.25) is 0 Å². The van der Waals surface area contributed by atoms with Crippen molar-refractivity contribution >= 4 is 9.84 Å². The summed E-state index contributed by atoms with van der Waals surface area (Å²) in [5, 5.41) is 17.2. The van der Waals surface area contributed by atoms with E-state index in [2.05, 4.69) is 9.97 Å². The SMILES string of the molecule is Cc1nc(C#N)c(CS(=O)(=O)c2oc(C)nc2C#N)o1. The maximum absolute atomic E-state index is 12.2. The van der Waals surface area contributed by atoms with Crippen LogP contribution in [-0.4, -0.2) is 18.4 Å². The molecule has 0 bridgehead atoms. The van der Waals surface area contributed by atoms with Gasteiger partial charge in [0.25, 0.3) is 5.09 Å². The third-order valence-electron chi connectivity index (χ3n) is 2.32. The summed E-state index contributed by atoms with van der Waals surface area (Å²) in [6, 6.07) is 3.39. The Labute approximate surface area is 114 Å². The minimum atomic E-state index is -3.99. The number of rotatable bonds is 3. The van der Waals surface area contributed by atoms with E-state index in [-0.39, 0.29) is 28.9 Å². The van der Waals surface area contributed by atoms with Gasteiger partial charge in [0.15, 0.2) is 28.9 Å². The van der Waals surface area contributed by atoms with Crippen molar-refractivity contribution in [1.29, 1.82) is 10.5 Å². The first-order chi connectivity index (χ1) is 9.37. The standard InChI is InChI=1S/C11H8N4O4S/c1-6-14-8(3-12)10(18-6)5-20(16,17)11-9(4-13)15-7(2)19-11/h5H2,1-2H3. The maximum atomic E-state index is 12.2. The summed E-state index contributed by atoms with van der Waals surface area (Å²) in [5.41, 5.74) is -0.432. The van der Waals surface area contributed by atoms with Gasteiger partial charge in [-0.15, -0.1) is 0 Å². The minimum Gasteiger partial charge on any atom is -0.443 e. The van der Waals surface area contributed by atoms with Crippen molar-refractivity contribution in [3.8, 4) is 12.1 Å². The van der Waals surface area contributed by atoms with Crippen LogP contribution in [-0.2, 0) is 15.6 Å². The Morgan fingerprint density at radius 2 is 1.60 bits per heavy atom. The van der Waals surface area contributed by atoms with Gasteiger partial charge in [-0.25, -0.2) is 18.4 Å². The molecule has 0 aliphatic rings. The van der Waals surface area contributed by atoms with Crippen LogP contribution in [0, 0.1) is 36.5 Å².